The molecule has 1 amide bonds. The predicted octanol–water partition coefficient (Wildman–Crippen LogP) is -0.0817. The maximum atomic E-state index is 12.7. The smallest absolute Gasteiger partial charge is 0.265 e. The van der Waals surface area contributed by atoms with Gasteiger partial charge in [0, 0.05) is 32.4 Å². The topological polar surface area (TPSA) is 97.4 Å². The van der Waals surface area contributed by atoms with Crippen LogP contribution in [0.2, 0.25) is 0 Å². The minimum absolute atomic E-state index is 0. The Bertz CT molecular complexity index is 673. The number of carbonyl (C=O) groups excluding carboxylic acids is 1. The van der Waals surface area contributed by atoms with E-state index < -0.39 is 15.9 Å². The van der Waals surface area contributed by atoms with Crippen LogP contribution in [-0.4, -0.2) is 48.9 Å². The van der Waals surface area contributed by atoms with E-state index in [2.05, 4.69) is 5.32 Å². The summed E-state index contributed by atoms with van der Waals surface area (Å²) in [6.45, 7) is 2.01. The Morgan fingerprint density at radius 3 is 2.77 bits per heavy atom. The largest absolute Gasteiger partial charge is 0.364 e. The van der Waals surface area contributed by atoms with Gasteiger partial charge in [-0.2, -0.15) is 4.31 Å². The van der Waals surface area contributed by atoms with Crippen molar-refractivity contribution < 1.29 is 13.2 Å². The highest BCUT2D eigenvalue weighted by atomic mass is 35.5. The highest BCUT2D eigenvalue weighted by Gasteiger charge is 2.38. The maximum Gasteiger partial charge on any atom is 0.265 e. The molecule has 0 aliphatic carbocycles. The molecule has 22 heavy (non-hydrogen) atoms. The van der Waals surface area contributed by atoms with Crippen molar-refractivity contribution in [2.24, 2.45) is 18.7 Å². The van der Waals surface area contributed by atoms with Crippen molar-refractivity contribution in [2.45, 2.75) is 23.8 Å². The van der Waals surface area contributed by atoms with E-state index in [-0.39, 0.29) is 23.0 Å². The summed E-state index contributed by atoms with van der Waals surface area (Å²) in [7, 11) is -1.94. The van der Waals surface area contributed by atoms with Crippen molar-refractivity contribution in [3.8, 4) is 0 Å². The van der Waals surface area contributed by atoms with Crippen LogP contribution in [0.25, 0.3) is 0 Å². The quantitative estimate of drug-likeness (QED) is 0.798. The first-order valence-electron chi connectivity index (χ1n) is 7.09. The third-order valence-electron chi connectivity index (χ3n) is 4.49. The minimum Gasteiger partial charge on any atom is -0.364 e. The summed E-state index contributed by atoms with van der Waals surface area (Å²) in [6.07, 6.45) is 3.30. The minimum atomic E-state index is -3.56. The molecule has 3 N–H and O–H groups in total. The molecule has 1 aromatic heterocycles. The number of hydrogen-bond acceptors (Lipinski definition) is 4. The van der Waals surface area contributed by atoms with Gasteiger partial charge in [0.25, 0.3) is 5.91 Å². The molecule has 2 atom stereocenters. The molecule has 2 fully saturated rings. The zero-order valence-electron chi connectivity index (χ0n) is 12.4. The van der Waals surface area contributed by atoms with Crippen molar-refractivity contribution in [3.63, 3.8) is 0 Å². The number of aromatic nitrogens is 1. The molecule has 0 radical (unpaired) electrons. The molecule has 0 bridgehead atoms. The fourth-order valence-electron chi connectivity index (χ4n) is 3.30. The van der Waals surface area contributed by atoms with E-state index in [1.54, 1.807) is 7.05 Å². The molecule has 1 aromatic rings. The number of amides is 1. The van der Waals surface area contributed by atoms with Crippen LogP contribution < -0.4 is 11.1 Å². The lowest BCUT2D eigenvalue weighted by Gasteiger charge is -2.33. The average molecular weight is 349 g/mol. The van der Waals surface area contributed by atoms with Crippen LogP contribution in [-0.2, 0) is 17.1 Å². The Balaban J connectivity index is 0.00000176. The number of rotatable bonds is 3. The number of nitrogens with two attached hydrogens (primary N) is 1. The molecule has 0 aromatic carbocycles. The van der Waals surface area contributed by atoms with Crippen LogP contribution >= 0.6 is 12.4 Å². The first-order chi connectivity index (χ1) is 9.89. The molecular weight excluding hydrogens is 328 g/mol. The summed E-state index contributed by atoms with van der Waals surface area (Å²) in [5.41, 5.74) is 5.44. The van der Waals surface area contributed by atoms with Crippen molar-refractivity contribution >= 4 is 28.3 Å². The first kappa shape index (κ1) is 17.3. The molecule has 0 saturated carbocycles. The zero-order chi connectivity index (χ0) is 15.2. The van der Waals surface area contributed by atoms with Gasteiger partial charge in [-0.3, -0.25) is 4.79 Å². The van der Waals surface area contributed by atoms with E-state index in [9.17, 15) is 13.2 Å². The van der Waals surface area contributed by atoms with Crippen molar-refractivity contribution in [1.29, 1.82) is 0 Å². The van der Waals surface area contributed by atoms with E-state index >= 15 is 0 Å². The van der Waals surface area contributed by atoms with E-state index in [0.717, 1.165) is 19.4 Å². The lowest BCUT2D eigenvalue weighted by molar-refractivity contribution is 0.0992. The summed E-state index contributed by atoms with van der Waals surface area (Å²) in [6, 6.07) is 1.80. The Labute approximate surface area is 136 Å². The van der Waals surface area contributed by atoms with Crippen LogP contribution in [0.15, 0.2) is 17.2 Å². The van der Waals surface area contributed by atoms with Gasteiger partial charge in [-0.15, -0.1) is 12.4 Å². The van der Waals surface area contributed by atoms with Crippen molar-refractivity contribution in [1.82, 2.24) is 14.2 Å². The average Bonchev–Trinajstić information content (AvgIpc) is 3.03. The fraction of sp³-hybridized carbons (Fsp3) is 0.615. The number of primary amides is 1. The second kappa shape index (κ2) is 6.19. The van der Waals surface area contributed by atoms with Gasteiger partial charge in [-0.25, -0.2) is 8.42 Å². The number of carbonyl (C=O) groups is 1. The molecule has 2 aliphatic heterocycles. The summed E-state index contributed by atoms with van der Waals surface area (Å²) in [5, 5.41) is 3.41. The van der Waals surface area contributed by atoms with E-state index in [1.807, 2.05) is 0 Å². The molecule has 2 saturated heterocycles. The first-order valence-corrected chi connectivity index (χ1v) is 8.53. The Morgan fingerprint density at radius 2 is 2.14 bits per heavy atom. The number of halogens is 1. The summed E-state index contributed by atoms with van der Waals surface area (Å²) < 4.78 is 28.4. The number of nitrogens with zero attached hydrogens (tertiary/aromatic N) is 2. The molecule has 124 valence electrons. The SMILES string of the molecule is Cl.Cn1cc(S(=O)(=O)N2CCC3NCCC3C2)cc1C(N)=O. The zero-order valence-corrected chi connectivity index (χ0v) is 14.0. The molecule has 3 heterocycles. The van der Waals surface area contributed by atoms with Gasteiger partial charge in [-0.05, 0) is 31.4 Å². The summed E-state index contributed by atoms with van der Waals surface area (Å²) in [5.74, 6) is -0.245. The highest BCUT2D eigenvalue weighted by Crippen LogP contribution is 2.29. The van der Waals surface area contributed by atoms with Crippen LogP contribution in [0.4, 0.5) is 0 Å². The predicted molar refractivity (Wildman–Crippen MR) is 84.5 cm³/mol. The van der Waals surface area contributed by atoms with Gasteiger partial charge in [0.2, 0.25) is 10.0 Å². The van der Waals surface area contributed by atoms with E-state index in [1.165, 1.54) is 21.1 Å². The molecule has 3 rings (SSSR count). The van der Waals surface area contributed by atoms with Gasteiger partial charge >= 0.3 is 0 Å². The van der Waals surface area contributed by atoms with Crippen LogP contribution in [0.3, 0.4) is 0 Å². The second-order valence-electron chi connectivity index (χ2n) is 5.80. The lowest BCUT2D eigenvalue weighted by Crippen LogP contribution is -2.46. The number of hydrogen-bond donors (Lipinski definition) is 2. The van der Waals surface area contributed by atoms with Crippen LogP contribution in [0.1, 0.15) is 23.3 Å². The lowest BCUT2D eigenvalue weighted by atomic mass is 9.95. The third kappa shape index (κ3) is 2.88. The fourth-order valence-corrected chi connectivity index (χ4v) is 4.89. The number of piperidine rings is 1. The van der Waals surface area contributed by atoms with Gasteiger partial charge in [0.1, 0.15) is 10.6 Å². The van der Waals surface area contributed by atoms with Gasteiger partial charge in [-0.1, -0.05) is 0 Å². The standard InChI is InChI=1S/C13H20N4O3S.ClH/c1-16-8-10(6-12(16)13(14)18)21(19,20)17-5-3-11-9(7-17)2-4-15-11;/h6,8-9,11,15H,2-5,7H2,1H3,(H2,14,18);1H. The van der Waals surface area contributed by atoms with Crippen molar-refractivity contribution in [3.05, 3.63) is 18.0 Å². The summed E-state index contributed by atoms with van der Waals surface area (Å²) in [4.78, 5) is 11.4. The molecular formula is C13H21ClN4O3S. The third-order valence-corrected chi connectivity index (χ3v) is 6.32. The Hall–Kier alpha value is -1.09. The van der Waals surface area contributed by atoms with Gasteiger partial charge < -0.3 is 15.6 Å². The number of fused-ring (bicyclic) bond motifs is 1. The monoisotopic (exact) mass is 348 g/mol. The molecule has 9 heteroatoms. The number of sulfonamides is 1. The highest BCUT2D eigenvalue weighted by molar-refractivity contribution is 7.89. The second-order valence-corrected chi connectivity index (χ2v) is 7.74. The van der Waals surface area contributed by atoms with Gasteiger partial charge in [0.05, 0.1) is 0 Å². The Kier molecular flexibility index (Phi) is 4.86. The van der Waals surface area contributed by atoms with Crippen molar-refractivity contribution in [2.75, 3.05) is 19.6 Å². The van der Waals surface area contributed by atoms with Gasteiger partial charge in [0.15, 0.2) is 0 Å². The normalized spacial score (nSPS) is 25.5. The van der Waals surface area contributed by atoms with E-state index in [4.69, 9.17) is 5.73 Å². The Morgan fingerprint density at radius 1 is 1.41 bits per heavy atom. The molecule has 0 spiro atoms. The molecule has 7 nitrogen and oxygen atoms in total. The maximum absolute atomic E-state index is 12.7. The number of nitrogens with one attached hydrogen (secondary N) is 1. The van der Waals surface area contributed by atoms with Crippen LogP contribution in [0.5, 0.6) is 0 Å². The number of aryl methyl sites for hydroxylation is 1. The van der Waals surface area contributed by atoms with Crippen LogP contribution in [0, 0.1) is 5.92 Å². The summed E-state index contributed by atoms with van der Waals surface area (Å²) >= 11 is 0. The molecule has 2 aliphatic rings. The molecule has 2 unspecified atom stereocenters. The van der Waals surface area contributed by atoms with E-state index in [0.29, 0.717) is 25.0 Å².